The second-order valence-electron chi connectivity index (χ2n) is 6.74. The van der Waals surface area contributed by atoms with Crippen LogP contribution in [0, 0.1) is 17.5 Å². The van der Waals surface area contributed by atoms with Crippen LogP contribution in [0.5, 0.6) is 0 Å². The summed E-state index contributed by atoms with van der Waals surface area (Å²) in [6, 6.07) is 7.89. The fourth-order valence-electron chi connectivity index (χ4n) is 3.36. The van der Waals surface area contributed by atoms with Crippen molar-refractivity contribution in [2.45, 2.75) is 5.75 Å². The average molecular weight is 434 g/mol. The summed E-state index contributed by atoms with van der Waals surface area (Å²) in [5.41, 5.74) is -0.153. The van der Waals surface area contributed by atoms with Crippen molar-refractivity contribution in [1.82, 2.24) is 9.78 Å². The van der Waals surface area contributed by atoms with E-state index in [1.165, 1.54) is 30.3 Å². The zero-order chi connectivity index (χ0) is 21.6. The summed E-state index contributed by atoms with van der Waals surface area (Å²) >= 11 is 0. The summed E-state index contributed by atoms with van der Waals surface area (Å²) in [4.78, 5) is 11.7. The number of fused-ring (bicyclic) bond motifs is 1. The number of halogens is 3. The quantitative estimate of drug-likeness (QED) is 0.682. The van der Waals surface area contributed by atoms with Crippen LogP contribution in [-0.2, 0) is 15.6 Å². The molecule has 0 radical (unpaired) electrons. The Kier molecular flexibility index (Phi) is 4.73. The van der Waals surface area contributed by atoms with Gasteiger partial charge in [0.15, 0.2) is 21.3 Å². The molecule has 1 N–H and O–H groups in total. The first-order valence-corrected chi connectivity index (χ1v) is 10.4. The lowest BCUT2D eigenvalue weighted by Gasteiger charge is -2.19. The normalized spacial score (nSPS) is 16.4. The molecule has 1 aromatic heterocycles. The first-order valence-electron chi connectivity index (χ1n) is 8.62. The SMILES string of the molecule is O=C(O)c1nn(-c2ccc(F)cc2F)c2c1CS(=O)(=O)C/C2=C\c1ccc(F)cc1. The molecule has 0 amide bonds. The molecule has 6 nitrogen and oxygen atoms in total. The molecule has 0 aliphatic carbocycles. The predicted octanol–water partition coefficient (Wildman–Crippen LogP) is 3.46. The molecule has 2 aromatic carbocycles. The Morgan fingerprint density at radius 3 is 2.33 bits per heavy atom. The highest BCUT2D eigenvalue weighted by molar-refractivity contribution is 7.91. The van der Waals surface area contributed by atoms with Crippen LogP contribution in [0.25, 0.3) is 17.3 Å². The number of carboxylic acids is 1. The number of carboxylic acid groups (broad SMARTS) is 1. The van der Waals surface area contributed by atoms with Crippen LogP contribution in [0.1, 0.15) is 27.3 Å². The fraction of sp³-hybridized carbons (Fsp3) is 0.100. The van der Waals surface area contributed by atoms with Crippen LogP contribution in [0.4, 0.5) is 13.2 Å². The Balaban J connectivity index is 2.01. The van der Waals surface area contributed by atoms with E-state index in [-0.39, 0.29) is 22.5 Å². The maximum absolute atomic E-state index is 14.4. The lowest BCUT2D eigenvalue weighted by atomic mass is 10.0. The van der Waals surface area contributed by atoms with Crippen molar-refractivity contribution >= 4 is 27.5 Å². The van der Waals surface area contributed by atoms with Gasteiger partial charge in [-0.05, 0) is 41.5 Å². The molecule has 3 aromatic rings. The van der Waals surface area contributed by atoms with E-state index >= 15 is 0 Å². The minimum atomic E-state index is -3.73. The molecule has 1 aliphatic rings. The molecule has 0 unspecified atom stereocenters. The minimum absolute atomic E-state index is 0.0918. The first kappa shape index (κ1) is 19.9. The van der Waals surface area contributed by atoms with Crippen molar-refractivity contribution in [3.05, 3.63) is 82.4 Å². The molecule has 0 spiro atoms. The molecule has 154 valence electrons. The van der Waals surface area contributed by atoms with Crippen molar-refractivity contribution in [1.29, 1.82) is 0 Å². The topological polar surface area (TPSA) is 89.3 Å². The number of carbonyl (C=O) groups is 1. The summed E-state index contributed by atoms with van der Waals surface area (Å²) in [5.74, 6) is -4.84. The van der Waals surface area contributed by atoms with Gasteiger partial charge in [0.05, 0.1) is 17.2 Å². The lowest BCUT2D eigenvalue weighted by molar-refractivity contribution is 0.0689. The average Bonchev–Trinajstić information content (AvgIpc) is 3.02. The molecule has 0 fully saturated rings. The van der Waals surface area contributed by atoms with Crippen LogP contribution in [0.2, 0.25) is 0 Å². The molecule has 30 heavy (non-hydrogen) atoms. The van der Waals surface area contributed by atoms with Gasteiger partial charge in [-0.15, -0.1) is 0 Å². The fourth-order valence-corrected chi connectivity index (χ4v) is 4.87. The van der Waals surface area contributed by atoms with Crippen molar-refractivity contribution in [3.8, 4) is 5.69 Å². The Morgan fingerprint density at radius 1 is 1.03 bits per heavy atom. The van der Waals surface area contributed by atoms with Crippen LogP contribution in [-0.4, -0.2) is 35.0 Å². The van der Waals surface area contributed by atoms with Crippen LogP contribution in [0.15, 0.2) is 42.5 Å². The van der Waals surface area contributed by atoms with E-state index < -0.39 is 50.5 Å². The third-order valence-electron chi connectivity index (χ3n) is 4.58. The van der Waals surface area contributed by atoms with E-state index in [1.54, 1.807) is 0 Å². The van der Waals surface area contributed by atoms with Gasteiger partial charge < -0.3 is 5.11 Å². The molecule has 0 saturated carbocycles. The standard InChI is InChI=1S/C20H13F3N2O4S/c21-13-3-1-11(2-4-13)7-12-9-30(28,29)10-15-18(20(26)27)24-25(19(12)15)17-6-5-14(22)8-16(17)23/h1-8H,9-10H2,(H,26,27)/b12-7+. The summed E-state index contributed by atoms with van der Waals surface area (Å²) in [5, 5.41) is 13.4. The minimum Gasteiger partial charge on any atom is -0.476 e. The number of aromatic carboxylic acids is 1. The van der Waals surface area contributed by atoms with Gasteiger partial charge >= 0.3 is 5.97 Å². The van der Waals surface area contributed by atoms with Crippen molar-refractivity contribution in [2.24, 2.45) is 0 Å². The van der Waals surface area contributed by atoms with Gasteiger partial charge in [0.2, 0.25) is 0 Å². The van der Waals surface area contributed by atoms with Gasteiger partial charge in [-0.25, -0.2) is 31.1 Å². The summed E-state index contributed by atoms with van der Waals surface area (Å²) in [6.07, 6.45) is 1.44. The third kappa shape index (κ3) is 3.61. The highest BCUT2D eigenvalue weighted by Gasteiger charge is 2.35. The summed E-state index contributed by atoms with van der Waals surface area (Å²) < 4.78 is 66.9. The molecule has 2 heterocycles. The molecule has 1 aliphatic heterocycles. The van der Waals surface area contributed by atoms with E-state index in [1.807, 2.05) is 0 Å². The summed E-state index contributed by atoms with van der Waals surface area (Å²) in [6.45, 7) is 0. The highest BCUT2D eigenvalue weighted by atomic mass is 32.2. The molecule has 10 heteroatoms. The molecule has 0 atom stereocenters. The monoisotopic (exact) mass is 434 g/mol. The largest absolute Gasteiger partial charge is 0.476 e. The van der Waals surface area contributed by atoms with E-state index in [0.29, 0.717) is 11.6 Å². The number of hydrogen-bond acceptors (Lipinski definition) is 4. The number of hydrogen-bond donors (Lipinski definition) is 1. The third-order valence-corrected chi connectivity index (χ3v) is 6.06. The second kappa shape index (κ2) is 7.13. The Hall–Kier alpha value is -3.40. The Morgan fingerprint density at radius 2 is 1.70 bits per heavy atom. The number of benzene rings is 2. The van der Waals surface area contributed by atoms with E-state index in [0.717, 1.165) is 16.8 Å². The van der Waals surface area contributed by atoms with E-state index in [4.69, 9.17) is 0 Å². The lowest BCUT2D eigenvalue weighted by Crippen LogP contribution is -2.20. The summed E-state index contributed by atoms with van der Waals surface area (Å²) in [7, 11) is -3.73. The highest BCUT2D eigenvalue weighted by Crippen LogP contribution is 2.35. The molecule has 0 saturated heterocycles. The van der Waals surface area contributed by atoms with Crippen molar-refractivity contribution < 1.29 is 31.5 Å². The predicted molar refractivity (Wildman–Crippen MR) is 102 cm³/mol. The van der Waals surface area contributed by atoms with Gasteiger partial charge in [-0.1, -0.05) is 12.1 Å². The van der Waals surface area contributed by atoms with Gasteiger partial charge in [-0.2, -0.15) is 5.10 Å². The molecule has 0 bridgehead atoms. The second-order valence-corrected chi connectivity index (χ2v) is 8.81. The Bertz CT molecular complexity index is 1310. The number of sulfone groups is 1. The van der Waals surface area contributed by atoms with Gasteiger partial charge in [-0.3, -0.25) is 0 Å². The maximum Gasteiger partial charge on any atom is 0.356 e. The zero-order valence-electron chi connectivity index (χ0n) is 15.1. The molecular weight excluding hydrogens is 421 g/mol. The number of aromatic nitrogens is 2. The number of nitrogens with zero attached hydrogens (tertiary/aromatic N) is 2. The van der Waals surface area contributed by atoms with E-state index in [9.17, 15) is 31.5 Å². The number of rotatable bonds is 3. The maximum atomic E-state index is 14.4. The van der Waals surface area contributed by atoms with Crippen LogP contribution in [0.3, 0.4) is 0 Å². The van der Waals surface area contributed by atoms with Crippen molar-refractivity contribution in [2.75, 3.05) is 5.75 Å². The smallest absolute Gasteiger partial charge is 0.356 e. The van der Waals surface area contributed by atoms with Gasteiger partial charge in [0.1, 0.15) is 17.3 Å². The van der Waals surface area contributed by atoms with Gasteiger partial charge in [0, 0.05) is 11.6 Å². The van der Waals surface area contributed by atoms with Crippen LogP contribution < -0.4 is 0 Å². The van der Waals surface area contributed by atoms with Crippen LogP contribution >= 0.6 is 0 Å². The van der Waals surface area contributed by atoms with E-state index in [2.05, 4.69) is 5.10 Å². The van der Waals surface area contributed by atoms with Gasteiger partial charge in [0.25, 0.3) is 0 Å². The molecule has 4 rings (SSSR count). The van der Waals surface area contributed by atoms with Crippen molar-refractivity contribution in [3.63, 3.8) is 0 Å². The molecular formula is C20H13F3N2O4S. The first-order chi connectivity index (χ1) is 14.1. The zero-order valence-corrected chi connectivity index (χ0v) is 16.0. The Labute approximate surface area is 168 Å².